The maximum atomic E-state index is 10.6. The van der Waals surface area contributed by atoms with Crippen molar-refractivity contribution in [1.29, 1.82) is 0 Å². The zero-order valence-corrected chi connectivity index (χ0v) is 6.29. The lowest BCUT2D eigenvalue weighted by atomic mass is 10.3. The van der Waals surface area contributed by atoms with Gasteiger partial charge in [-0.25, -0.2) is 0 Å². The monoisotopic (exact) mass is 172 g/mol. The Morgan fingerprint density at radius 2 is 2.25 bits per heavy atom. The first kappa shape index (κ1) is 8.25. The molecule has 6 nitrogen and oxygen atoms in total. The van der Waals surface area contributed by atoms with Gasteiger partial charge in [0.2, 0.25) is 0 Å². The van der Waals surface area contributed by atoms with E-state index in [1.54, 1.807) is 0 Å². The van der Waals surface area contributed by atoms with E-state index < -0.39 is 11.9 Å². The molecule has 0 spiro atoms. The van der Waals surface area contributed by atoms with Crippen molar-refractivity contribution in [3.8, 4) is 0 Å². The number of hydrogen-bond donors (Lipinski definition) is 4. The van der Waals surface area contributed by atoms with Gasteiger partial charge in [-0.1, -0.05) is 0 Å². The van der Waals surface area contributed by atoms with Crippen molar-refractivity contribution >= 4 is 5.91 Å². The van der Waals surface area contributed by atoms with Gasteiger partial charge in [-0.2, -0.15) is 0 Å². The van der Waals surface area contributed by atoms with Crippen molar-refractivity contribution in [2.24, 2.45) is 0 Å². The summed E-state index contributed by atoms with van der Waals surface area (Å²) >= 11 is 0. The quantitative estimate of drug-likeness (QED) is 0.398. The van der Waals surface area contributed by atoms with Crippen LogP contribution in [0.2, 0.25) is 0 Å². The molecule has 1 rings (SSSR count). The molecule has 6 heteroatoms. The predicted octanol–water partition coefficient (Wildman–Crippen LogP) is -0.564. The molecule has 12 heavy (non-hydrogen) atoms. The van der Waals surface area contributed by atoms with Crippen molar-refractivity contribution in [3.63, 3.8) is 0 Å². The Hall–Kier alpha value is -1.85. The van der Waals surface area contributed by atoms with Crippen LogP contribution in [-0.2, 0) is 9.53 Å². The first-order chi connectivity index (χ1) is 5.65. The summed E-state index contributed by atoms with van der Waals surface area (Å²) in [5, 5.41) is 18.1. The Morgan fingerprint density at radius 1 is 1.58 bits per heavy atom. The molecule has 1 amide bonds. The molecule has 0 aromatic carbocycles. The molecular formula is C6H8N2O4. The number of carbonyl (C=O) groups is 1. The van der Waals surface area contributed by atoms with E-state index in [-0.39, 0.29) is 11.5 Å². The van der Waals surface area contributed by atoms with E-state index in [0.29, 0.717) is 0 Å². The van der Waals surface area contributed by atoms with Crippen LogP contribution in [0.15, 0.2) is 23.5 Å². The number of aliphatic hydroxyl groups is 2. The van der Waals surface area contributed by atoms with Crippen LogP contribution < -0.4 is 10.9 Å². The SMILES string of the molecule is CO/C(O)=C1\NNC(=O)C=C1O. The zero-order valence-electron chi connectivity index (χ0n) is 6.29. The smallest absolute Gasteiger partial charge is 0.306 e. The van der Waals surface area contributed by atoms with E-state index in [2.05, 4.69) is 15.6 Å². The second-order valence-electron chi connectivity index (χ2n) is 2.03. The third-order valence-electron chi connectivity index (χ3n) is 1.24. The largest absolute Gasteiger partial charge is 0.505 e. The molecule has 0 radical (unpaired) electrons. The van der Waals surface area contributed by atoms with E-state index in [1.807, 2.05) is 0 Å². The van der Waals surface area contributed by atoms with E-state index in [9.17, 15) is 4.79 Å². The van der Waals surface area contributed by atoms with Crippen molar-refractivity contribution in [1.82, 2.24) is 10.9 Å². The van der Waals surface area contributed by atoms with Gasteiger partial charge in [0.1, 0.15) is 0 Å². The lowest BCUT2D eigenvalue weighted by Gasteiger charge is -2.15. The predicted molar refractivity (Wildman–Crippen MR) is 38.7 cm³/mol. The van der Waals surface area contributed by atoms with Crippen LogP contribution in [-0.4, -0.2) is 23.2 Å². The Balaban J connectivity index is 2.96. The summed E-state index contributed by atoms with van der Waals surface area (Å²) in [4.78, 5) is 10.6. The molecule has 66 valence electrons. The molecule has 0 aromatic heterocycles. The summed E-state index contributed by atoms with van der Waals surface area (Å²) in [6.07, 6.45) is 0.918. The molecule has 1 aliphatic rings. The van der Waals surface area contributed by atoms with Crippen LogP contribution in [0.5, 0.6) is 0 Å². The molecule has 0 fully saturated rings. The highest BCUT2D eigenvalue weighted by Crippen LogP contribution is 2.09. The van der Waals surface area contributed by atoms with Crippen LogP contribution in [0.4, 0.5) is 0 Å². The van der Waals surface area contributed by atoms with Gasteiger partial charge in [0.15, 0.2) is 11.5 Å². The fourth-order valence-corrected chi connectivity index (χ4v) is 0.686. The second-order valence-corrected chi connectivity index (χ2v) is 2.03. The van der Waals surface area contributed by atoms with E-state index in [0.717, 1.165) is 6.08 Å². The average Bonchev–Trinajstić information content (AvgIpc) is 2.03. The van der Waals surface area contributed by atoms with Crippen LogP contribution in [0.1, 0.15) is 0 Å². The fourth-order valence-electron chi connectivity index (χ4n) is 0.686. The van der Waals surface area contributed by atoms with Gasteiger partial charge >= 0.3 is 5.95 Å². The lowest BCUT2D eigenvalue weighted by molar-refractivity contribution is -0.117. The Morgan fingerprint density at radius 3 is 2.75 bits per heavy atom. The highest BCUT2D eigenvalue weighted by Gasteiger charge is 2.17. The van der Waals surface area contributed by atoms with Gasteiger partial charge < -0.3 is 14.9 Å². The molecule has 4 N–H and O–H groups in total. The van der Waals surface area contributed by atoms with Gasteiger partial charge in [-0.15, -0.1) is 0 Å². The molecule has 0 saturated heterocycles. The molecule has 1 heterocycles. The maximum absolute atomic E-state index is 10.6. The number of ether oxygens (including phenoxy) is 1. The highest BCUT2D eigenvalue weighted by molar-refractivity contribution is 5.89. The van der Waals surface area contributed by atoms with Crippen molar-refractivity contribution in [3.05, 3.63) is 23.5 Å². The summed E-state index contributed by atoms with van der Waals surface area (Å²) in [6, 6.07) is 0. The van der Waals surface area contributed by atoms with Gasteiger partial charge in [0, 0.05) is 6.08 Å². The number of hydrazine groups is 1. The Bertz CT molecular complexity index is 269. The van der Waals surface area contributed by atoms with Gasteiger partial charge in [0.05, 0.1) is 7.11 Å². The summed E-state index contributed by atoms with van der Waals surface area (Å²) in [6.45, 7) is 0. The highest BCUT2D eigenvalue weighted by atomic mass is 16.6. The molecular weight excluding hydrogens is 164 g/mol. The second kappa shape index (κ2) is 3.04. The number of aliphatic hydroxyl groups excluding tert-OH is 2. The van der Waals surface area contributed by atoms with Gasteiger partial charge in [-0.05, 0) is 0 Å². The zero-order chi connectivity index (χ0) is 9.14. The third-order valence-corrected chi connectivity index (χ3v) is 1.24. The van der Waals surface area contributed by atoms with Crippen molar-refractivity contribution in [2.45, 2.75) is 0 Å². The van der Waals surface area contributed by atoms with Crippen molar-refractivity contribution < 1.29 is 19.7 Å². The summed E-state index contributed by atoms with van der Waals surface area (Å²) < 4.78 is 4.42. The summed E-state index contributed by atoms with van der Waals surface area (Å²) in [5.41, 5.74) is 4.34. The average molecular weight is 172 g/mol. The summed E-state index contributed by atoms with van der Waals surface area (Å²) in [5.74, 6) is -1.37. The van der Waals surface area contributed by atoms with Crippen molar-refractivity contribution in [2.75, 3.05) is 7.11 Å². The minimum Gasteiger partial charge on any atom is -0.505 e. The number of amides is 1. The lowest BCUT2D eigenvalue weighted by Crippen LogP contribution is -2.40. The first-order valence-electron chi connectivity index (χ1n) is 3.09. The minimum atomic E-state index is -0.500. The number of carbonyl (C=O) groups excluding carboxylic acids is 1. The fraction of sp³-hybridized carbons (Fsp3) is 0.167. The first-order valence-corrected chi connectivity index (χ1v) is 3.09. The normalized spacial score (nSPS) is 20.4. The summed E-state index contributed by atoms with van der Waals surface area (Å²) in [7, 11) is 1.23. The number of methoxy groups -OCH3 is 1. The topological polar surface area (TPSA) is 90.8 Å². The standard InChI is InChI=1S/C6H8N2O4/c1-12-6(11)5-3(9)2-4(10)7-8-5/h2,8-9,11H,1H3,(H,7,10)/b6-5-. The molecule has 0 atom stereocenters. The van der Waals surface area contributed by atoms with Crippen LogP contribution in [0.25, 0.3) is 0 Å². The van der Waals surface area contributed by atoms with E-state index in [1.165, 1.54) is 7.11 Å². The Kier molecular flexibility index (Phi) is 2.09. The number of hydrogen-bond acceptors (Lipinski definition) is 5. The molecule has 0 aliphatic carbocycles. The molecule has 0 unspecified atom stereocenters. The van der Waals surface area contributed by atoms with Crippen LogP contribution >= 0.6 is 0 Å². The third kappa shape index (κ3) is 1.42. The van der Waals surface area contributed by atoms with E-state index in [4.69, 9.17) is 10.2 Å². The van der Waals surface area contributed by atoms with E-state index >= 15 is 0 Å². The maximum Gasteiger partial charge on any atom is 0.306 e. The number of rotatable bonds is 1. The number of nitrogens with one attached hydrogen (secondary N) is 2. The van der Waals surface area contributed by atoms with Crippen LogP contribution in [0, 0.1) is 0 Å². The molecule has 0 saturated carbocycles. The molecule has 0 bridgehead atoms. The van der Waals surface area contributed by atoms with Crippen LogP contribution in [0.3, 0.4) is 0 Å². The Labute approximate surface area is 68.1 Å². The minimum absolute atomic E-state index is 0.0721. The molecule has 0 aromatic rings. The van der Waals surface area contributed by atoms with Gasteiger partial charge in [-0.3, -0.25) is 15.6 Å². The van der Waals surface area contributed by atoms with Gasteiger partial charge in [0.25, 0.3) is 5.91 Å². The molecule has 1 aliphatic heterocycles.